The van der Waals surface area contributed by atoms with Gasteiger partial charge in [-0.15, -0.1) is 0 Å². The molecular formula is C24H24N2O2Si. The van der Waals surface area contributed by atoms with Crippen LogP contribution in [0.5, 0.6) is 11.5 Å². The van der Waals surface area contributed by atoms with E-state index in [-0.39, 0.29) is 0 Å². The number of para-hydroxylation sites is 2. The van der Waals surface area contributed by atoms with Gasteiger partial charge in [-0.25, -0.2) is 0 Å². The highest BCUT2D eigenvalue weighted by molar-refractivity contribution is 6.68. The Balaban J connectivity index is 1.87. The maximum absolute atomic E-state index is 6.62. The molecule has 3 aromatic rings. The minimum atomic E-state index is -2.54. The van der Waals surface area contributed by atoms with E-state index < -0.39 is 8.56 Å². The van der Waals surface area contributed by atoms with Crippen LogP contribution in [0.15, 0.2) is 82.8 Å². The van der Waals surface area contributed by atoms with Crippen molar-refractivity contribution in [2.75, 3.05) is 0 Å². The summed E-state index contributed by atoms with van der Waals surface area (Å²) < 4.78 is 13.2. The Morgan fingerprint density at radius 3 is 1.45 bits per heavy atom. The molecule has 2 aliphatic heterocycles. The summed E-state index contributed by atoms with van der Waals surface area (Å²) in [7, 11) is -2.54. The number of aliphatic imine (C=N–C) groups is 2. The minimum Gasteiger partial charge on any atom is -0.511 e. The zero-order valence-electron chi connectivity index (χ0n) is 16.7. The Morgan fingerprint density at radius 2 is 1.03 bits per heavy atom. The first kappa shape index (κ1) is 19.1. The van der Waals surface area contributed by atoms with Crippen LogP contribution in [0.4, 0.5) is 11.4 Å². The van der Waals surface area contributed by atoms with E-state index in [4.69, 9.17) is 8.85 Å². The SMILES string of the molecule is CC[Si]1(CC)Oc2ccccc2C=Nc2ccc(cc2)N=Cc2ccccc2O1. The number of rotatable bonds is 2. The second kappa shape index (κ2) is 8.45. The molecule has 0 atom stereocenters. The fourth-order valence-corrected chi connectivity index (χ4v) is 5.53. The number of fused-ring (bicyclic) bond motifs is 4. The average molecular weight is 401 g/mol. The van der Waals surface area contributed by atoms with Crippen molar-refractivity contribution in [1.29, 1.82) is 0 Å². The van der Waals surface area contributed by atoms with E-state index in [2.05, 4.69) is 23.8 Å². The van der Waals surface area contributed by atoms with Crippen LogP contribution in [0, 0.1) is 0 Å². The predicted octanol–water partition coefficient (Wildman–Crippen LogP) is 6.44. The summed E-state index contributed by atoms with van der Waals surface area (Å²) in [5.74, 6) is 1.62. The van der Waals surface area contributed by atoms with E-state index in [9.17, 15) is 0 Å². The van der Waals surface area contributed by atoms with Gasteiger partial charge in [0, 0.05) is 35.6 Å². The van der Waals surface area contributed by atoms with Crippen molar-refractivity contribution in [1.82, 2.24) is 0 Å². The van der Waals surface area contributed by atoms with E-state index in [1.165, 1.54) is 0 Å². The van der Waals surface area contributed by atoms with Crippen LogP contribution >= 0.6 is 0 Å². The molecule has 29 heavy (non-hydrogen) atoms. The van der Waals surface area contributed by atoms with Gasteiger partial charge in [0.2, 0.25) is 0 Å². The lowest BCUT2D eigenvalue weighted by atomic mass is 10.2. The normalized spacial score (nSPS) is 14.7. The van der Waals surface area contributed by atoms with Crippen molar-refractivity contribution in [2.45, 2.75) is 25.9 Å². The maximum Gasteiger partial charge on any atom is 0.459 e. The summed E-state index contributed by atoms with van der Waals surface area (Å²) in [5, 5.41) is 0. The smallest absolute Gasteiger partial charge is 0.459 e. The van der Waals surface area contributed by atoms with Crippen LogP contribution in [-0.4, -0.2) is 21.0 Å². The molecule has 0 fully saturated rings. The molecule has 2 bridgehead atoms. The van der Waals surface area contributed by atoms with Crippen LogP contribution in [0.3, 0.4) is 0 Å². The van der Waals surface area contributed by atoms with Crippen molar-refractivity contribution in [3.8, 4) is 11.5 Å². The Bertz CT molecular complexity index is 960. The summed E-state index contributed by atoms with van der Waals surface area (Å²) in [4.78, 5) is 9.24. The molecule has 0 aromatic heterocycles. The van der Waals surface area contributed by atoms with Gasteiger partial charge >= 0.3 is 8.56 Å². The van der Waals surface area contributed by atoms with Gasteiger partial charge in [0.05, 0.1) is 11.4 Å². The molecule has 0 N–H and O–H groups in total. The molecule has 0 aliphatic carbocycles. The largest absolute Gasteiger partial charge is 0.511 e. The highest BCUT2D eigenvalue weighted by Gasteiger charge is 2.39. The Hall–Kier alpha value is -3.18. The molecule has 0 amide bonds. The molecule has 146 valence electrons. The van der Waals surface area contributed by atoms with Crippen molar-refractivity contribution < 1.29 is 8.85 Å². The Morgan fingerprint density at radius 1 is 0.621 bits per heavy atom. The van der Waals surface area contributed by atoms with Gasteiger partial charge in [-0.05, 0) is 48.5 Å². The van der Waals surface area contributed by atoms with Crippen LogP contribution in [0.25, 0.3) is 0 Å². The fraction of sp³-hybridized carbons (Fsp3) is 0.167. The monoisotopic (exact) mass is 400 g/mol. The standard InChI is InChI=1S/C24H24N2O2Si/c1-3-29(4-2)27-23-11-7-5-9-19(23)17-25-21-13-15-22(16-14-21)26-18-20-10-6-8-12-24(20)28-29/h5-18H,3-4H2,1-2H3. The third kappa shape index (κ3) is 4.30. The topological polar surface area (TPSA) is 43.2 Å². The highest BCUT2D eigenvalue weighted by atomic mass is 28.4. The van der Waals surface area contributed by atoms with E-state index in [0.717, 1.165) is 46.1 Å². The van der Waals surface area contributed by atoms with E-state index in [0.29, 0.717) is 0 Å². The van der Waals surface area contributed by atoms with Gasteiger partial charge in [0.15, 0.2) is 0 Å². The lowest BCUT2D eigenvalue weighted by Gasteiger charge is -2.31. The lowest BCUT2D eigenvalue weighted by molar-refractivity contribution is 0.381. The highest BCUT2D eigenvalue weighted by Crippen LogP contribution is 2.30. The molecule has 0 saturated heterocycles. The second-order valence-corrected chi connectivity index (χ2v) is 10.6. The molecule has 0 spiro atoms. The second-order valence-electron chi connectivity index (χ2n) is 6.93. The molecule has 0 saturated carbocycles. The number of benzene rings is 3. The Labute approximate surface area is 172 Å². The van der Waals surface area contributed by atoms with Gasteiger partial charge in [-0.2, -0.15) is 0 Å². The average Bonchev–Trinajstić information content (AvgIpc) is 2.78. The maximum atomic E-state index is 6.62. The molecule has 5 heteroatoms. The van der Waals surface area contributed by atoms with Gasteiger partial charge in [-0.1, -0.05) is 38.1 Å². The predicted molar refractivity (Wildman–Crippen MR) is 122 cm³/mol. The first-order valence-electron chi connectivity index (χ1n) is 9.95. The lowest BCUT2D eigenvalue weighted by Crippen LogP contribution is -2.47. The van der Waals surface area contributed by atoms with E-state index in [1.807, 2.05) is 85.2 Å². The molecule has 2 aliphatic rings. The number of hydrogen-bond acceptors (Lipinski definition) is 4. The van der Waals surface area contributed by atoms with Crippen molar-refractivity contribution in [3.05, 3.63) is 83.9 Å². The number of nitrogens with zero attached hydrogens (tertiary/aromatic N) is 2. The summed E-state index contributed by atoms with van der Waals surface area (Å²) in [6, 6.07) is 25.5. The summed E-state index contributed by atoms with van der Waals surface area (Å²) in [6.45, 7) is 4.27. The third-order valence-electron chi connectivity index (χ3n) is 5.06. The van der Waals surface area contributed by atoms with Crippen molar-refractivity contribution >= 4 is 32.4 Å². The zero-order chi connectivity index (χ0) is 20.1. The molecular weight excluding hydrogens is 376 g/mol. The quantitative estimate of drug-likeness (QED) is 0.465. The summed E-state index contributed by atoms with van der Waals surface area (Å²) in [5.41, 5.74) is 3.64. The zero-order valence-corrected chi connectivity index (χ0v) is 17.7. The van der Waals surface area contributed by atoms with Crippen LogP contribution in [-0.2, 0) is 0 Å². The van der Waals surface area contributed by atoms with Gasteiger partial charge < -0.3 is 8.85 Å². The molecule has 0 unspecified atom stereocenters. The molecule has 3 aromatic carbocycles. The summed E-state index contributed by atoms with van der Waals surface area (Å²) in [6.07, 6.45) is 3.71. The first-order valence-corrected chi connectivity index (χ1v) is 12.2. The van der Waals surface area contributed by atoms with E-state index in [1.54, 1.807) is 0 Å². The van der Waals surface area contributed by atoms with Crippen LogP contribution in [0.1, 0.15) is 25.0 Å². The van der Waals surface area contributed by atoms with Gasteiger partial charge in [-0.3, -0.25) is 9.98 Å². The van der Waals surface area contributed by atoms with Crippen LogP contribution in [0.2, 0.25) is 12.1 Å². The number of hydrogen-bond donors (Lipinski definition) is 0. The van der Waals surface area contributed by atoms with Crippen LogP contribution < -0.4 is 8.85 Å². The Kier molecular flexibility index (Phi) is 5.58. The van der Waals surface area contributed by atoms with Crippen molar-refractivity contribution in [3.63, 3.8) is 0 Å². The van der Waals surface area contributed by atoms with Gasteiger partial charge in [0.1, 0.15) is 11.5 Å². The molecule has 5 rings (SSSR count). The van der Waals surface area contributed by atoms with E-state index >= 15 is 0 Å². The summed E-state index contributed by atoms with van der Waals surface area (Å²) >= 11 is 0. The first-order chi connectivity index (χ1) is 14.2. The minimum absolute atomic E-state index is 0.809. The fourth-order valence-electron chi connectivity index (χ4n) is 3.23. The third-order valence-corrected chi connectivity index (χ3v) is 8.40. The molecule has 2 heterocycles. The molecule has 4 nitrogen and oxygen atoms in total. The molecule has 0 radical (unpaired) electrons. The van der Waals surface area contributed by atoms with Crippen molar-refractivity contribution in [2.24, 2.45) is 9.98 Å². The van der Waals surface area contributed by atoms with Gasteiger partial charge in [0.25, 0.3) is 0 Å².